The molecule has 112 valence electrons. The van der Waals surface area contributed by atoms with Gasteiger partial charge in [-0.3, -0.25) is 0 Å². The van der Waals surface area contributed by atoms with Gasteiger partial charge in [-0.05, 0) is 31.4 Å². The van der Waals surface area contributed by atoms with Crippen LogP contribution in [-0.4, -0.2) is 17.1 Å². The van der Waals surface area contributed by atoms with Gasteiger partial charge in [-0.1, -0.05) is 31.0 Å². The fourth-order valence-corrected chi connectivity index (χ4v) is 4.14. The van der Waals surface area contributed by atoms with E-state index >= 15 is 0 Å². The molecule has 1 aromatic carbocycles. The second-order valence-corrected chi connectivity index (χ2v) is 6.26. The van der Waals surface area contributed by atoms with Crippen molar-refractivity contribution in [3.05, 3.63) is 35.5 Å². The number of hydrogen-bond donors (Lipinski definition) is 2. The lowest BCUT2D eigenvalue weighted by Gasteiger charge is -2.31. The van der Waals surface area contributed by atoms with E-state index in [1.165, 1.54) is 35.0 Å². The Morgan fingerprint density at radius 1 is 1.33 bits per heavy atom. The zero-order valence-corrected chi connectivity index (χ0v) is 12.8. The van der Waals surface area contributed by atoms with Crippen molar-refractivity contribution in [2.45, 2.75) is 38.0 Å². The number of carbonyl (C=O) groups excluding carboxylic acids is 1. The third-order valence-electron chi connectivity index (χ3n) is 5.02. The molecule has 0 atom stereocenters. The van der Waals surface area contributed by atoms with Gasteiger partial charge < -0.3 is 15.6 Å². The molecule has 1 aliphatic rings. The smallest absolute Gasteiger partial charge is 0.312 e. The molecule has 3 N–H and O–H groups in total. The van der Waals surface area contributed by atoms with Gasteiger partial charge in [0.05, 0.1) is 0 Å². The maximum Gasteiger partial charge on any atom is 0.312 e. The van der Waals surface area contributed by atoms with Crippen LogP contribution >= 0.6 is 0 Å². The van der Waals surface area contributed by atoms with Crippen molar-refractivity contribution in [2.75, 3.05) is 6.54 Å². The Hall–Kier alpha value is -1.97. The van der Waals surface area contributed by atoms with Crippen LogP contribution in [0.2, 0.25) is 0 Å². The molecule has 1 heterocycles. The number of benzene rings is 1. The minimum atomic E-state index is -0.433. The number of rotatable bonds is 3. The van der Waals surface area contributed by atoms with Crippen LogP contribution in [0.4, 0.5) is 4.79 Å². The van der Waals surface area contributed by atoms with Crippen LogP contribution in [0.5, 0.6) is 0 Å². The maximum absolute atomic E-state index is 11.2. The fourth-order valence-electron chi connectivity index (χ4n) is 4.14. The summed E-state index contributed by atoms with van der Waals surface area (Å²) in [5.74, 6) is 0. The first-order chi connectivity index (χ1) is 10.1. The minimum Gasteiger partial charge on any atom is -0.352 e. The summed E-state index contributed by atoms with van der Waals surface area (Å²) in [4.78, 5) is 11.2. The van der Waals surface area contributed by atoms with Gasteiger partial charge in [0.25, 0.3) is 0 Å². The molecule has 2 amide bonds. The number of fused-ring (bicyclic) bond motifs is 1. The summed E-state index contributed by atoms with van der Waals surface area (Å²) >= 11 is 0. The monoisotopic (exact) mass is 285 g/mol. The lowest BCUT2D eigenvalue weighted by atomic mass is 9.80. The Bertz CT molecular complexity index is 642. The van der Waals surface area contributed by atoms with E-state index in [2.05, 4.69) is 48.1 Å². The third-order valence-corrected chi connectivity index (χ3v) is 5.02. The molecule has 3 rings (SSSR count). The predicted molar refractivity (Wildman–Crippen MR) is 85.4 cm³/mol. The van der Waals surface area contributed by atoms with Crippen molar-refractivity contribution in [3.63, 3.8) is 0 Å². The average molecular weight is 285 g/mol. The number of nitrogens with zero attached hydrogens (tertiary/aromatic N) is 1. The van der Waals surface area contributed by atoms with Crippen molar-refractivity contribution in [1.29, 1.82) is 0 Å². The highest BCUT2D eigenvalue weighted by atomic mass is 16.2. The van der Waals surface area contributed by atoms with E-state index in [1.807, 2.05) is 0 Å². The summed E-state index contributed by atoms with van der Waals surface area (Å²) in [5.41, 5.74) is 9.27. The first kappa shape index (κ1) is 14.0. The van der Waals surface area contributed by atoms with E-state index in [0.29, 0.717) is 6.54 Å². The van der Waals surface area contributed by atoms with Gasteiger partial charge in [0.15, 0.2) is 0 Å². The number of hydrogen-bond acceptors (Lipinski definition) is 1. The second kappa shape index (κ2) is 5.10. The number of para-hydroxylation sites is 1. The molecule has 4 nitrogen and oxygen atoms in total. The van der Waals surface area contributed by atoms with Crippen LogP contribution in [0.3, 0.4) is 0 Å². The summed E-state index contributed by atoms with van der Waals surface area (Å²) in [5, 5.41) is 4.16. The highest BCUT2D eigenvalue weighted by Gasteiger charge is 2.39. The van der Waals surface area contributed by atoms with Crippen molar-refractivity contribution < 1.29 is 4.79 Å². The molecule has 1 aliphatic carbocycles. The molecule has 0 radical (unpaired) electrons. The van der Waals surface area contributed by atoms with Crippen LogP contribution in [0.1, 0.15) is 36.9 Å². The molecule has 4 heteroatoms. The van der Waals surface area contributed by atoms with Crippen molar-refractivity contribution >= 4 is 16.9 Å². The van der Waals surface area contributed by atoms with E-state index in [1.54, 1.807) is 0 Å². The first-order valence-corrected chi connectivity index (χ1v) is 7.63. The highest BCUT2D eigenvalue weighted by Crippen LogP contribution is 2.44. The largest absolute Gasteiger partial charge is 0.352 e. The van der Waals surface area contributed by atoms with E-state index in [4.69, 9.17) is 5.73 Å². The number of amides is 2. The van der Waals surface area contributed by atoms with Crippen LogP contribution in [-0.2, 0) is 12.5 Å². The van der Waals surface area contributed by atoms with E-state index in [0.717, 1.165) is 12.8 Å². The fraction of sp³-hybridized carbons (Fsp3) is 0.471. The topological polar surface area (TPSA) is 60.0 Å². The standard InChI is InChI=1S/C17H23N3O/c1-12-13-7-3-4-8-14(13)20(2)15(12)17(9-5-6-10-17)11-19-16(18)21/h3-4,7-8H,5-6,9-11H2,1-2H3,(H3,18,19,21). The molecule has 21 heavy (non-hydrogen) atoms. The number of primary amides is 1. The van der Waals surface area contributed by atoms with Gasteiger partial charge in [-0.25, -0.2) is 4.79 Å². The Balaban J connectivity index is 2.13. The van der Waals surface area contributed by atoms with Crippen LogP contribution in [0.25, 0.3) is 10.9 Å². The third kappa shape index (κ3) is 2.19. The van der Waals surface area contributed by atoms with E-state index in [-0.39, 0.29) is 5.41 Å². The molecule has 1 saturated carbocycles. The number of aryl methyl sites for hydroxylation is 2. The SMILES string of the molecule is Cc1c(C2(CNC(N)=O)CCCC2)n(C)c2ccccc12. The van der Waals surface area contributed by atoms with Gasteiger partial charge in [0.1, 0.15) is 0 Å². The normalized spacial score (nSPS) is 17.2. The summed E-state index contributed by atoms with van der Waals surface area (Å²) < 4.78 is 2.30. The molecule has 0 aliphatic heterocycles. The summed E-state index contributed by atoms with van der Waals surface area (Å²) in [7, 11) is 2.13. The Morgan fingerprint density at radius 3 is 2.62 bits per heavy atom. The van der Waals surface area contributed by atoms with Crippen LogP contribution in [0, 0.1) is 6.92 Å². The lowest BCUT2D eigenvalue weighted by molar-refractivity contribution is 0.244. The molecular formula is C17H23N3O. The maximum atomic E-state index is 11.2. The van der Waals surface area contributed by atoms with Gasteiger partial charge >= 0.3 is 6.03 Å². The molecule has 0 saturated heterocycles. The van der Waals surface area contributed by atoms with Crippen molar-refractivity contribution in [3.8, 4) is 0 Å². The van der Waals surface area contributed by atoms with Gasteiger partial charge in [0.2, 0.25) is 0 Å². The minimum absolute atomic E-state index is 0.0207. The van der Waals surface area contributed by atoms with Crippen molar-refractivity contribution in [2.24, 2.45) is 12.8 Å². The Kier molecular flexibility index (Phi) is 3.40. The lowest BCUT2D eigenvalue weighted by Crippen LogP contribution is -2.42. The summed E-state index contributed by atoms with van der Waals surface area (Å²) in [6.45, 7) is 2.83. The molecule has 0 bridgehead atoms. The molecule has 0 unspecified atom stereocenters. The van der Waals surface area contributed by atoms with E-state index < -0.39 is 6.03 Å². The van der Waals surface area contributed by atoms with Crippen LogP contribution < -0.4 is 11.1 Å². The van der Waals surface area contributed by atoms with Crippen LogP contribution in [0.15, 0.2) is 24.3 Å². The number of nitrogens with two attached hydrogens (primary N) is 1. The van der Waals surface area contributed by atoms with Gasteiger partial charge in [0, 0.05) is 35.6 Å². The zero-order valence-electron chi connectivity index (χ0n) is 12.8. The molecule has 0 spiro atoms. The number of carbonyl (C=O) groups is 1. The number of aromatic nitrogens is 1. The molecule has 1 fully saturated rings. The number of urea groups is 1. The summed E-state index contributed by atoms with van der Waals surface area (Å²) in [6.07, 6.45) is 4.64. The van der Waals surface area contributed by atoms with E-state index in [9.17, 15) is 4.79 Å². The van der Waals surface area contributed by atoms with Crippen molar-refractivity contribution in [1.82, 2.24) is 9.88 Å². The number of nitrogens with one attached hydrogen (secondary N) is 1. The summed E-state index contributed by atoms with van der Waals surface area (Å²) in [6, 6.07) is 8.07. The average Bonchev–Trinajstić information content (AvgIpc) is 3.03. The predicted octanol–water partition coefficient (Wildman–Crippen LogP) is 2.97. The molecule has 1 aromatic heterocycles. The van der Waals surface area contributed by atoms with Gasteiger partial charge in [-0.15, -0.1) is 0 Å². The molecular weight excluding hydrogens is 262 g/mol. The Morgan fingerprint density at radius 2 is 2.00 bits per heavy atom. The highest BCUT2D eigenvalue weighted by molar-refractivity contribution is 5.85. The second-order valence-electron chi connectivity index (χ2n) is 6.26. The van der Waals surface area contributed by atoms with Gasteiger partial charge in [-0.2, -0.15) is 0 Å². The quantitative estimate of drug-likeness (QED) is 0.895. The molecule has 2 aromatic rings. The first-order valence-electron chi connectivity index (χ1n) is 7.63. The zero-order chi connectivity index (χ0) is 15.0. The Labute approximate surface area is 125 Å².